The van der Waals surface area contributed by atoms with Gasteiger partial charge >= 0.3 is 6.09 Å². The van der Waals surface area contributed by atoms with Gasteiger partial charge in [0.1, 0.15) is 0 Å². The van der Waals surface area contributed by atoms with Crippen LogP contribution in [0.4, 0.5) is 13.6 Å². The van der Waals surface area contributed by atoms with Crippen molar-refractivity contribution in [3.63, 3.8) is 0 Å². The molecule has 1 amide bonds. The van der Waals surface area contributed by atoms with Crippen LogP contribution in [0.2, 0.25) is 0 Å². The van der Waals surface area contributed by atoms with Crippen LogP contribution in [0.5, 0.6) is 0 Å². The standard InChI is InChI=1S/C10H19F2NO2/c1-3-4-5-6-7-13-9(14)15-8-10(2,11)12/h3-8H2,1-2H3,(H,13,14). The molecule has 0 heterocycles. The predicted octanol–water partition coefficient (Wildman–Crippen LogP) is 2.95. The SMILES string of the molecule is CCCCCCNC(=O)OCC(C)(F)F. The molecule has 0 aromatic heterocycles. The molecular formula is C10H19F2NO2. The third kappa shape index (κ3) is 11.1. The van der Waals surface area contributed by atoms with Crippen molar-refractivity contribution < 1.29 is 18.3 Å². The van der Waals surface area contributed by atoms with Crippen molar-refractivity contribution in [3.05, 3.63) is 0 Å². The second kappa shape index (κ2) is 7.43. The summed E-state index contributed by atoms with van der Waals surface area (Å²) in [5.74, 6) is -2.96. The van der Waals surface area contributed by atoms with Gasteiger partial charge in [-0.1, -0.05) is 26.2 Å². The third-order valence-electron chi connectivity index (χ3n) is 1.76. The molecule has 0 bridgehead atoms. The van der Waals surface area contributed by atoms with Crippen molar-refractivity contribution in [2.75, 3.05) is 13.2 Å². The Bertz CT molecular complexity index is 181. The number of ether oxygens (including phenoxy) is 1. The Labute approximate surface area is 89.2 Å². The molecule has 1 N–H and O–H groups in total. The molecular weight excluding hydrogens is 204 g/mol. The monoisotopic (exact) mass is 223 g/mol. The van der Waals surface area contributed by atoms with Crippen molar-refractivity contribution >= 4 is 6.09 Å². The van der Waals surface area contributed by atoms with Gasteiger partial charge in [0.2, 0.25) is 0 Å². The highest BCUT2D eigenvalue weighted by molar-refractivity contribution is 5.67. The van der Waals surface area contributed by atoms with Gasteiger partial charge < -0.3 is 10.1 Å². The van der Waals surface area contributed by atoms with Gasteiger partial charge in [0, 0.05) is 13.5 Å². The minimum Gasteiger partial charge on any atom is -0.443 e. The van der Waals surface area contributed by atoms with E-state index in [1.54, 1.807) is 0 Å². The van der Waals surface area contributed by atoms with Crippen LogP contribution >= 0.6 is 0 Å². The lowest BCUT2D eigenvalue weighted by Crippen LogP contribution is -2.30. The molecule has 0 saturated heterocycles. The maximum atomic E-state index is 12.3. The van der Waals surface area contributed by atoms with E-state index >= 15 is 0 Å². The van der Waals surface area contributed by atoms with Gasteiger partial charge in [0.25, 0.3) is 5.92 Å². The van der Waals surface area contributed by atoms with E-state index < -0.39 is 18.6 Å². The zero-order valence-corrected chi connectivity index (χ0v) is 9.32. The van der Waals surface area contributed by atoms with E-state index in [2.05, 4.69) is 17.0 Å². The lowest BCUT2D eigenvalue weighted by molar-refractivity contribution is -0.0384. The molecule has 0 rings (SSSR count). The van der Waals surface area contributed by atoms with Crippen LogP contribution in [0.1, 0.15) is 39.5 Å². The van der Waals surface area contributed by atoms with E-state index in [9.17, 15) is 13.6 Å². The van der Waals surface area contributed by atoms with E-state index in [0.29, 0.717) is 13.5 Å². The first-order valence-electron chi connectivity index (χ1n) is 5.24. The number of hydrogen-bond donors (Lipinski definition) is 1. The molecule has 15 heavy (non-hydrogen) atoms. The number of nitrogens with one attached hydrogen (secondary N) is 1. The number of hydrogen-bond acceptors (Lipinski definition) is 2. The highest BCUT2D eigenvalue weighted by Gasteiger charge is 2.23. The highest BCUT2D eigenvalue weighted by Crippen LogP contribution is 2.11. The van der Waals surface area contributed by atoms with Gasteiger partial charge in [-0.05, 0) is 6.42 Å². The van der Waals surface area contributed by atoms with Crippen molar-refractivity contribution in [2.24, 2.45) is 0 Å². The summed E-state index contributed by atoms with van der Waals surface area (Å²) in [6.45, 7) is 2.41. The molecule has 5 heteroatoms. The molecule has 0 unspecified atom stereocenters. The molecule has 0 aromatic carbocycles. The fraction of sp³-hybridized carbons (Fsp3) is 0.900. The Hall–Kier alpha value is -0.870. The molecule has 0 radical (unpaired) electrons. The lowest BCUT2D eigenvalue weighted by atomic mass is 10.2. The van der Waals surface area contributed by atoms with Gasteiger partial charge in [0.05, 0.1) is 0 Å². The number of alkyl carbamates (subject to hydrolysis) is 1. The Balaban J connectivity index is 3.34. The first-order chi connectivity index (χ1) is 6.95. The molecule has 0 saturated carbocycles. The van der Waals surface area contributed by atoms with Crippen LogP contribution in [0.25, 0.3) is 0 Å². The second-order valence-electron chi connectivity index (χ2n) is 3.63. The molecule has 0 spiro atoms. The number of alkyl halides is 2. The van der Waals surface area contributed by atoms with Crippen LogP contribution in [0.15, 0.2) is 0 Å². The fourth-order valence-corrected chi connectivity index (χ4v) is 0.986. The van der Waals surface area contributed by atoms with Crippen LogP contribution in [0, 0.1) is 0 Å². The van der Waals surface area contributed by atoms with Crippen molar-refractivity contribution in [1.82, 2.24) is 5.32 Å². The fourth-order valence-electron chi connectivity index (χ4n) is 0.986. The maximum Gasteiger partial charge on any atom is 0.407 e. The van der Waals surface area contributed by atoms with Crippen LogP contribution in [-0.2, 0) is 4.74 Å². The van der Waals surface area contributed by atoms with E-state index in [0.717, 1.165) is 25.7 Å². The molecule has 0 atom stereocenters. The smallest absolute Gasteiger partial charge is 0.407 e. The summed E-state index contributed by atoms with van der Waals surface area (Å²) in [6.07, 6.45) is 3.34. The average Bonchev–Trinajstić information content (AvgIpc) is 2.13. The summed E-state index contributed by atoms with van der Waals surface area (Å²) >= 11 is 0. The second-order valence-corrected chi connectivity index (χ2v) is 3.63. The average molecular weight is 223 g/mol. The number of unbranched alkanes of at least 4 members (excludes halogenated alkanes) is 3. The van der Waals surface area contributed by atoms with E-state index in [1.165, 1.54) is 0 Å². The van der Waals surface area contributed by atoms with Crippen molar-refractivity contribution in [2.45, 2.75) is 45.5 Å². The van der Waals surface area contributed by atoms with Gasteiger partial charge in [-0.15, -0.1) is 0 Å². The number of rotatable bonds is 7. The number of carbonyl (C=O) groups is 1. The summed E-state index contributed by atoms with van der Waals surface area (Å²) < 4.78 is 28.8. The van der Waals surface area contributed by atoms with Gasteiger partial charge in [-0.25, -0.2) is 13.6 Å². The minimum atomic E-state index is -2.96. The quantitative estimate of drug-likeness (QED) is 0.674. The topological polar surface area (TPSA) is 38.3 Å². The zero-order valence-electron chi connectivity index (χ0n) is 9.32. The number of amides is 1. The predicted molar refractivity (Wildman–Crippen MR) is 54.1 cm³/mol. The molecule has 0 aliphatic heterocycles. The first-order valence-corrected chi connectivity index (χ1v) is 5.24. The Morgan fingerprint density at radius 2 is 2.00 bits per heavy atom. The number of carbonyl (C=O) groups excluding carboxylic acids is 1. The van der Waals surface area contributed by atoms with Crippen LogP contribution in [-0.4, -0.2) is 25.2 Å². The van der Waals surface area contributed by atoms with Crippen LogP contribution < -0.4 is 5.32 Å². The molecule has 0 aliphatic rings. The lowest BCUT2D eigenvalue weighted by Gasteiger charge is -2.11. The Morgan fingerprint density at radius 3 is 2.53 bits per heavy atom. The summed E-state index contributed by atoms with van der Waals surface area (Å²) in [7, 11) is 0. The highest BCUT2D eigenvalue weighted by atomic mass is 19.3. The molecule has 0 aromatic rings. The van der Waals surface area contributed by atoms with Gasteiger partial charge in [-0.3, -0.25) is 0 Å². The zero-order chi connectivity index (χ0) is 11.7. The van der Waals surface area contributed by atoms with Crippen molar-refractivity contribution in [3.8, 4) is 0 Å². The van der Waals surface area contributed by atoms with Crippen LogP contribution in [0.3, 0.4) is 0 Å². The normalized spacial score (nSPS) is 11.2. The van der Waals surface area contributed by atoms with E-state index in [1.807, 2.05) is 0 Å². The molecule has 0 fully saturated rings. The summed E-state index contributed by atoms with van der Waals surface area (Å²) in [6, 6.07) is 0. The Kier molecular flexibility index (Phi) is 6.99. The van der Waals surface area contributed by atoms with Crippen molar-refractivity contribution in [1.29, 1.82) is 0 Å². The summed E-state index contributed by atoms with van der Waals surface area (Å²) in [5.41, 5.74) is 0. The molecule has 0 aliphatic carbocycles. The van der Waals surface area contributed by atoms with E-state index in [-0.39, 0.29) is 0 Å². The maximum absolute atomic E-state index is 12.3. The largest absolute Gasteiger partial charge is 0.443 e. The number of halogens is 2. The van der Waals surface area contributed by atoms with Gasteiger partial charge in [-0.2, -0.15) is 0 Å². The molecule has 90 valence electrons. The van der Waals surface area contributed by atoms with E-state index in [4.69, 9.17) is 0 Å². The third-order valence-corrected chi connectivity index (χ3v) is 1.76. The summed E-state index contributed by atoms with van der Waals surface area (Å²) in [5, 5.41) is 2.42. The Morgan fingerprint density at radius 1 is 1.33 bits per heavy atom. The minimum absolute atomic E-state index is 0.480. The summed E-state index contributed by atoms with van der Waals surface area (Å²) in [4.78, 5) is 10.9. The molecule has 3 nitrogen and oxygen atoms in total. The van der Waals surface area contributed by atoms with Gasteiger partial charge in [0.15, 0.2) is 6.61 Å². The first kappa shape index (κ1) is 14.1.